The van der Waals surface area contributed by atoms with Crippen molar-refractivity contribution >= 4 is 44.3 Å². The van der Waals surface area contributed by atoms with Gasteiger partial charge < -0.3 is 24.0 Å². The Labute approximate surface area is 380 Å². The van der Waals surface area contributed by atoms with Gasteiger partial charge in [0, 0.05) is 75.6 Å². The monoisotopic (exact) mass is 897 g/mol. The summed E-state index contributed by atoms with van der Waals surface area (Å²) >= 11 is 0. The number of carbonyl (C=O) groups is 3. The van der Waals surface area contributed by atoms with Crippen LogP contribution in [0.15, 0.2) is 75.4 Å². The molecular weight excluding hydrogens is 832 g/mol. The van der Waals surface area contributed by atoms with Gasteiger partial charge in [-0.15, -0.1) is 0 Å². The number of hydrogen-bond acceptors (Lipinski definition) is 10. The van der Waals surface area contributed by atoms with E-state index in [4.69, 9.17) is 15.2 Å². The fourth-order valence-corrected chi connectivity index (χ4v) is 9.29. The van der Waals surface area contributed by atoms with Gasteiger partial charge in [-0.2, -0.15) is 0 Å². The molecule has 2 aliphatic rings. The molecule has 344 valence electrons. The second-order valence-corrected chi connectivity index (χ2v) is 17.9. The van der Waals surface area contributed by atoms with Crippen LogP contribution in [0.4, 0.5) is 5.69 Å². The average molecular weight is 898 g/mol. The highest BCUT2D eigenvalue weighted by Crippen LogP contribution is 2.49. The number of unbranched alkanes of at least 4 members (excludes halogenated alkanes) is 5. The molecule has 0 bridgehead atoms. The highest BCUT2D eigenvalue weighted by atomic mass is 31.2. The van der Waals surface area contributed by atoms with Crippen LogP contribution in [0.1, 0.15) is 142 Å². The molecule has 64 heavy (non-hydrogen) atoms. The first-order chi connectivity index (χ1) is 31.4. The number of para-hydroxylation sites is 1. The Hall–Kier alpha value is -5.19. The minimum Gasteiger partial charge on any atom is -0.425 e. The van der Waals surface area contributed by atoms with Crippen LogP contribution in [0.25, 0.3) is 6.08 Å². The zero-order valence-electron chi connectivity index (χ0n) is 38.9. The predicted octanol–water partition coefficient (Wildman–Crippen LogP) is 8.19. The average Bonchev–Trinajstić information content (AvgIpc) is 3.68. The van der Waals surface area contributed by atoms with Crippen molar-refractivity contribution in [2.75, 3.05) is 18.0 Å². The second-order valence-electron chi connectivity index (χ2n) is 16.6. The van der Waals surface area contributed by atoms with Gasteiger partial charge in [-0.25, -0.2) is 9.46 Å². The molecule has 2 amide bonds. The number of anilines is 1. The van der Waals surface area contributed by atoms with Gasteiger partial charge in [0.25, 0.3) is 5.56 Å². The van der Waals surface area contributed by atoms with E-state index in [1.54, 1.807) is 0 Å². The molecule has 15 heteroatoms. The number of Topliss-reactive ketones (excluding diaryl/α,β-unsaturated/α-hetero) is 1. The molecule has 0 spiro atoms. The van der Waals surface area contributed by atoms with E-state index in [9.17, 15) is 24.0 Å². The molecule has 3 heterocycles. The van der Waals surface area contributed by atoms with Gasteiger partial charge in [0.2, 0.25) is 11.8 Å². The van der Waals surface area contributed by atoms with Gasteiger partial charge >= 0.3 is 14.2 Å². The lowest BCUT2D eigenvalue weighted by Crippen LogP contribution is -2.35. The predicted molar refractivity (Wildman–Crippen MR) is 253 cm³/mol. The van der Waals surface area contributed by atoms with Crippen LogP contribution in [0, 0.1) is 11.8 Å². The van der Waals surface area contributed by atoms with Crippen molar-refractivity contribution in [2.24, 2.45) is 4.99 Å². The van der Waals surface area contributed by atoms with Crippen molar-refractivity contribution in [3.05, 3.63) is 104 Å². The molecule has 14 nitrogen and oxygen atoms in total. The number of ketones is 1. The van der Waals surface area contributed by atoms with Gasteiger partial charge in [0.15, 0.2) is 6.40 Å². The standard InChI is InChI=1S/C49H65N6O8P/c1-7-50-34-61-64(55(35(2)3)36(4)5)63-44-31-47(62-37(44)6)54-33-41(48(59)52-49(54)60)28-29-45(57)51-30-18-10-8-9-11-22-42(56)23-15-17-25-46(58)53-32-40-21-13-12-19-38(40)26-27-39-20-14-16-24-43(39)53/h12-14,16,19-21,24,28-29,33-37,44,47H,7-11,15,17-18,22-23,25,30-32H2,1-6H3,(H,51,57)(H,52,59,60)/b29-28+,50-34?/t37-,44?,47-,64?/m1/s1/i6D. The number of amides is 2. The third-order valence-electron chi connectivity index (χ3n) is 11.0. The van der Waals surface area contributed by atoms with Crippen molar-refractivity contribution in [1.82, 2.24) is 19.5 Å². The van der Waals surface area contributed by atoms with E-state index in [-0.39, 0.29) is 48.6 Å². The molecule has 0 aliphatic carbocycles. The van der Waals surface area contributed by atoms with Crippen LogP contribution < -0.4 is 21.5 Å². The number of fused-ring (bicyclic) bond motifs is 2. The first-order valence-corrected chi connectivity index (χ1v) is 23.7. The zero-order chi connectivity index (χ0) is 46.7. The number of nitrogens with one attached hydrogen (secondary N) is 2. The SMILES string of the molecule is [2H]C[C@H]1O[C@@H](n2cc(/C=C/C(=O)NCCCCCCCC(=O)CCCCC(=O)N3Cc4ccccc4C#Cc4ccccc43)c(=O)[nH]c2=O)CC1OP(OC=NCC)N(C(C)C)C(C)C. The summed E-state index contributed by atoms with van der Waals surface area (Å²) in [6.07, 6.45) is 10.5. The smallest absolute Gasteiger partial charge is 0.330 e. The number of carbonyl (C=O) groups excluding carboxylic acids is 3. The van der Waals surface area contributed by atoms with Crippen molar-refractivity contribution in [3.63, 3.8) is 0 Å². The Morgan fingerprint density at radius 2 is 1.64 bits per heavy atom. The number of aromatic amines is 1. The summed E-state index contributed by atoms with van der Waals surface area (Å²) in [6, 6.07) is 15.8. The Morgan fingerprint density at radius 1 is 0.969 bits per heavy atom. The molecule has 4 atom stereocenters. The van der Waals surface area contributed by atoms with Gasteiger partial charge in [-0.05, 0) is 97.0 Å². The van der Waals surface area contributed by atoms with Crippen LogP contribution in [-0.4, -0.2) is 75.6 Å². The maximum atomic E-state index is 13.4. The lowest BCUT2D eigenvalue weighted by atomic mass is 10.0. The van der Waals surface area contributed by atoms with Crippen molar-refractivity contribution in [1.29, 1.82) is 0 Å². The topological polar surface area (TPSA) is 165 Å². The van der Waals surface area contributed by atoms with Crippen molar-refractivity contribution < 1.29 is 29.5 Å². The maximum absolute atomic E-state index is 13.4. The number of rotatable bonds is 24. The number of aliphatic imine (C=N–C) groups is 1. The molecular formula is C49H65N6O8P. The number of benzene rings is 2. The van der Waals surface area contributed by atoms with E-state index in [1.807, 2.05) is 88.0 Å². The van der Waals surface area contributed by atoms with Crippen LogP contribution in [0.5, 0.6) is 0 Å². The number of hydrogen-bond donors (Lipinski definition) is 2. The first kappa shape index (κ1) is 48.3. The molecule has 2 unspecified atom stereocenters. The summed E-state index contributed by atoms with van der Waals surface area (Å²) in [6.45, 7) is 11.4. The fraction of sp³-hybridized carbons (Fsp3) is 0.510. The lowest BCUT2D eigenvalue weighted by Gasteiger charge is -2.36. The number of ether oxygens (including phenoxy) is 1. The lowest BCUT2D eigenvalue weighted by molar-refractivity contribution is -0.120. The van der Waals surface area contributed by atoms with E-state index in [0.29, 0.717) is 51.7 Å². The quantitative estimate of drug-likeness (QED) is 0.0225. The van der Waals surface area contributed by atoms with Gasteiger partial charge in [0.1, 0.15) is 12.0 Å². The number of H-pyrrole nitrogens is 1. The van der Waals surface area contributed by atoms with Crippen molar-refractivity contribution in [2.45, 2.75) is 149 Å². The molecule has 1 fully saturated rings. The molecule has 2 aliphatic heterocycles. The van der Waals surface area contributed by atoms with Gasteiger partial charge in [-0.1, -0.05) is 61.4 Å². The highest BCUT2D eigenvalue weighted by Gasteiger charge is 2.40. The first-order valence-electron chi connectivity index (χ1n) is 23.3. The summed E-state index contributed by atoms with van der Waals surface area (Å²) in [5.41, 5.74) is 2.37. The summed E-state index contributed by atoms with van der Waals surface area (Å²) in [7, 11) is -1.61. The van der Waals surface area contributed by atoms with E-state index >= 15 is 0 Å². The van der Waals surface area contributed by atoms with E-state index in [0.717, 1.165) is 54.5 Å². The van der Waals surface area contributed by atoms with Crippen LogP contribution in [0.2, 0.25) is 0 Å². The van der Waals surface area contributed by atoms with Gasteiger partial charge in [0.05, 0.1) is 30.0 Å². The maximum Gasteiger partial charge on any atom is 0.330 e. The second kappa shape index (κ2) is 25.3. The van der Waals surface area contributed by atoms with E-state index < -0.39 is 38.2 Å². The van der Waals surface area contributed by atoms with E-state index in [1.165, 1.54) is 29.3 Å². The molecule has 0 radical (unpaired) electrons. The number of aromatic nitrogens is 2. The zero-order valence-corrected chi connectivity index (χ0v) is 38.8. The largest absolute Gasteiger partial charge is 0.425 e. The van der Waals surface area contributed by atoms with Crippen LogP contribution >= 0.6 is 8.53 Å². The Balaban J connectivity index is 0.986. The summed E-state index contributed by atoms with van der Waals surface area (Å²) in [5, 5.41) is 2.84. The summed E-state index contributed by atoms with van der Waals surface area (Å²) in [4.78, 5) is 72.7. The Morgan fingerprint density at radius 3 is 2.39 bits per heavy atom. The van der Waals surface area contributed by atoms with Crippen LogP contribution in [-0.2, 0) is 34.7 Å². The summed E-state index contributed by atoms with van der Waals surface area (Å²) in [5.74, 6) is 6.34. The molecule has 1 aromatic heterocycles. The minimum absolute atomic E-state index is 0.0275. The van der Waals surface area contributed by atoms with Crippen molar-refractivity contribution in [3.8, 4) is 11.8 Å². The third-order valence-corrected chi connectivity index (χ3v) is 13.0. The molecule has 2 N–H and O–H groups in total. The number of nitrogens with zero attached hydrogens (tertiary/aromatic N) is 4. The van der Waals surface area contributed by atoms with Crippen LogP contribution in [0.3, 0.4) is 0 Å². The highest BCUT2D eigenvalue weighted by molar-refractivity contribution is 7.45. The molecule has 3 aromatic rings. The molecule has 1 saturated heterocycles. The van der Waals surface area contributed by atoms with Gasteiger partial charge in [-0.3, -0.25) is 33.7 Å². The Kier molecular flexibility index (Phi) is 19.1. The fourth-order valence-electron chi connectivity index (χ4n) is 7.67. The Bertz CT molecular complexity index is 2290. The van der Waals surface area contributed by atoms with E-state index in [2.05, 4.69) is 31.8 Å². The minimum atomic E-state index is -1.61. The molecule has 5 rings (SSSR count). The normalized spacial score (nSPS) is 17.8. The molecule has 2 aromatic carbocycles. The summed E-state index contributed by atoms with van der Waals surface area (Å²) < 4.78 is 30.0. The third kappa shape index (κ3) is 14.7. The molecule has 0 saturated carbocycles.